The van der Waals surface area contributed by atoms with Crippen molar-refractivity contribution in [2.24, 2.45) is 0 Å². The van der Waals surface area contributed by atoms with Crippen LogP contribution in [0.25, 0.3) is 0 Å². The molecule has 0 amide bonds. The summed E-state index contributed by atoms with van der Waals surface area (Å²) in [6, 6.07) is 1.44. The second-order valence-electron chi connectivity index (χ2n) is 5.03. The third-order valence-corrected chi connectivity index (χ3v) is 2.92. The van der Waals surface area contributed by atoms with Gasteiger partial charge in [-0.2, -0.15) is 13.2 Å². The molecule has 21 heavy (non-hydrogen) atoms. The minimum atomic E-state index is -4.54. The third-order valence-electron chi connectivity index (χ3n) is 2.92. The Morgan fingerprint density at radius 1 is 1.14 bits per heavy atom. The number of nitrogens with one attached hydrogen (secondary N) is 1. The normalized spacial score (nSPS) is 12.0. The van der Waals surface area contributed by atoms with E-state index in [0.717, 1.165) is 12.1 Å². The van der Waals surface area contributed by atoms with Gasteiger partial charge >= 0.3 is 6.18 Å². The van der Waals surface area contributed by atoms with E-state index in [0.29, 0.717) is 17.0 Å². The maximum atomic E-state index is 14.0. The molecule has 7 heteroatoms. The summed E-state index contributed by atoms with van der Waals surface area (Å²) in [4.78, 5) is 0.682. The van der Waals surface area contributed by atoms with Gasteiger partial charge in [0, 0.05) is 12.6 Å². The molecule has 0 saturated heterocycles. The highest BCUT2D eigenvalue weighted by atomic mass is 19.4. The van der Waals surface area contributed by atoms with Crippen LogP contribution >= 0.6 is 0 Å². The average molecular weight is 310 g/mol. The van der Waals surface area contributed by atoms with Crippen molar-refractivity contribution in [2.45, 2.75) is 39.5 Å². The molecule has 0 aliphatic heterocycles. The predicted octanol–water partition coefficient (Wildman–Crippen LogP) is 3.85. The fourth-order valence-corrected chi connectivity index (χ4v) is 1.98. The van der Waals surface area contributed by atoms with Crippen LogP contribution in [-0.2, 0) is 6.54 Å². The standard InChI is InChI=1S/C14H19F5N2/c1-4-20-7-10-5-11(15)13(12(16)6-10)21(9(2)3)8-14(17,18)19/h5-6,9,20H,4,7-8H2,1-3H3. The zero-order valence-corrected chi connectivity index (χ0v) is 12.2. The quantitative estimate of drug-likeness (QED) is 0.803. The van der Waals surface area contributed by atoms with Crippen LogP contribution in [0.1, 0.15) is 26.3 Å². The van der Waals surface area contributed by atoms with E-state index < -0.39 is 36.1 Å². The number of hydrogen-bond donors (Lipinski definition) is 1. The molecule has 0 fully saturated rings. The second kappa shape index (κ2) is 7.06. The van der Waals surface area contributed by atoms with E-state index in [1.165, 1.54) is 13.8 Å². The van der Waals surface area contributed by atoms with E-state index in [4.69, 9.17) is 0 Å². The number of benzene rings is 1. The van der Waals surface area contributed by atoms with E-state index in [2.05, 4.69) is 5.32 Å². The lowest BCUT2D eigenvalue weighted by Crippen LogP contribution is -2.40. The Morgan fingerprint density at radius 2 is 1.67 bits per heavy atom. The van der Waals surface area contributed by atoms with E-state index in [1.54, 1.807) is 0 Å². The Kier molecular flexibility index (Phi) is 5.95. The molecular formula is C14H19F5N2. The van der Waals surface area contributed by atoms with Gasteiger partial charge in [-0.15, -0.1) is 0 Å². The summed E-state index contributed by atoms with van der Waals surface area (Å²) < 4.78 is 65.8. The molecule has 0 heterocycles. The summed E-state index contributed by atoms with van der Waals surface area (Å²) in [6.07, 6.45) is -4.54. The van der Waals surface area contributed by atoms with Crippen molar-refractivity contribution in [2.75, 3.05) is 18.0 Å². The Bertz CT molecular complexity index is 448. The fraction of sp³-hybridized carbons (Fsp3) is 0.571. The van der Waals surface area contributed by atoms with Crippen LogP contribution in [0.2, 0.25) is 0 Å². The molecule has 0 aliphatic carbocycles. The topological polar surface area (TPSA) is 15.3 Å². The Hall–Kier alpha value is -1.37. The molecule has 0 saturated carbocycles. The molecule has 0 aromatic heterocycles. The SMILES string of the molecule is CCNCc1cc(F)c(N(CC(F)(F)F)C(C)C)c(F)c1. The molecule has 2 nitrogen and oxygen atoms in total. The van der Waals surface area contributed by atoms with Crippen LogP contribution in [0.15, 0.2) is 12.1 Å². The van der Waals surface area contributed by atoms with Crippen molar-refractivity contribution >= 4 is 5.69 Å². The third kappa shape index (κ3) is 5.15. The lowest BCUT2D eigenvalue weighted by molar-refractivity contribution is -0.120. The average Bonchev–Trinajstić information content (AvgIpc) is 2.32. The molecule has 120 valence electrons. The fourth-order valence-electron chi connectivity index (χ4n) is 1.98. The number of hydrogen-bond acceptors (Lipinski definition) is 2. The number of alkyl halides is 3. The Labute approximate surface area is 120 Å². The first-order valence-corrected chi connectivity index (χ1v) is 6.67. The zero-order chi connectivity index (χ0) is 16.2. The van der Waals surface area contributed by atoms with Crippen molar-refractivity contribution in [1.82, 2.24) is 5.32 Å². The van der Waals surface area contributed by atoms with Crippen LogP contribution in [0.5, 0.6) is 0 Å². The van der Waals surface area contributed by atoms with Gasteiger partial charge in [0.1, 0.15) is 23.9 Å². The molecule has 0 spiro atoms. The first kappa shape index (κ1) is 17.7. The number of rotatable bonds is 6. The van der Waals surface area contributed by atoms with Crippen molar-refractivity contribution in [3.05, 3.63) is 29.3 Å². The van der Waals surface area contributed by atoms with E-state index in [-0.39, 0.29) is 6.54 Å². The maximum absolute atomic E-state index is 14.0. The molecule has 0 aliphatic rings. The lowest BCUT2D eigenvalue weighted by Gasteiger charge is -2.30. The van der Waals surface area contributed by atoms with Crippen molar-refractivity contribution in [3.63, 3.8) is 0 Å². The minimum absolute atomic E-state index is 0.256. The van der Waals surface area contributed by atoms with Gasteiger partial charge in [-0.3, -0.25) is 0 Å². The predicted molar refractivity (Wildman–Crippen MR) is 72.3 cm³/mol. The number of anilines is 1. The Balaban J connectivity index is 3.14. The molecule has 0 atom stereocenters. The van der Waals surface area contributed by atoms with Crippen LogP contribution < -0.4 is 10.2 Å². The lowest BCUT2D eigenvalue weighted by atomic mass is 10.1. The molecule has 0 unspecified atom stereocenters. The van der Waals surface area contributed by atoms with Crippen LogP contribution in [0.4, 0.5) is 27.6 Å². The number of nitrogens with zero attached hydrogens (tertiary/aromatic N) is 1. The van der Waals surface area contributed by atoms with E-state index in [1.807, 2.05) is 6.92 Å². The summed E-state index contributed by atoms with van der Waals surface area (Å²) in [6.45, 7) is 4.23. The van der Waals surface area contributed by atoms with Gasteiger partial charge in [0.15, 0.2) is 0 Å². The second-order valence-corrected chi connectivity index (χ2v) is 5.03. The maximum Gasteiger partial charge on any atom is 0.405 e. The summed E-state index contributed by atoms with van der Waals surface area (Å²) in [5, 5.41) is 2.90. The highest BCUT2D eigenvalue weighted by Gasteiger charge is 2.34. The molecular weight excluding hydrogens is 291 g/mol. The highest BCUT2D eigenvalue weighted by Crippen LogP contribution is 2.30. The molecule has 1 N–H and O–H groups in total. The molecule has 0 radical (unpaired) electrons. The van der Waals surface area contributed by atoms with Gasteiger partial charge in [0.2, 0.25) is 0 Å². The summed E-state index contributed by atoms with van der Waals surface area (Å²) in [5.41, 5.74) is -0.283. The molecule has 0 bridgehead atoms. The summed E-state index contributed by atoms with van der Waals surface area (Å²) >= 11 is 0. The van der Waals surface area contributed by atoms with Crippen LogP contribution in [0, 0.1) is 11.6 Å². The summed E-state index contributed by atoms with van der Waals surface area (Å²) in [5.74, 6) is -1.97. The molecule has 1 rings (SSSR count). The van der Waals surface area contributed by atoms with Crippen molar-refractivity contribution in [3.8, 4) is 0 Å². The largest absolute Gasteiger partial charge is 0.405 e. The first-order valence-electron chi connectivity index (χ1n) is 6.67. The Morgan fingerprint density at radius 3 is 2.05 bits per heavy atom. The smallest absolute Gasteiger partial charge is 0.355 e. The first-order chi connectivity index (χ1) is 9.65. The number of halogens is 5. The van der Waals surface area contributed by atoms with Crippen molar-refractivity contribution in [1.29, 1.82) is 0 Å². The van der Waals surface area contributed by atoms with E-state index >= 15 is 0 Å². The monoisotopic (exact) mass is 310 g/mol. The van der Waals surface area contributed by atoms with Gasteiger partial charge in [-0.05, 0) is 38.1 Å². The van der Waals surface area contributed by atoms with Gasteiger partial charge in [-0.1, -0.05) is 6.92 Å². The van der Waals surface area contributed by atoms with Gasteiger partial charge in [0.05, 0.1) is 0 Å². The molecule has 1 aromatic carbocycles. The highest BCUT2D eigenvalue weighted by molar-refractivity contribution is 5.51. The van der Waals surface area contributed by atoms with Crippen LogP contribution in [0.3, 0.4) is 0 Å². The van der Waals surface area contributed by atoms with E-state index in [9.17, 15) is 22.0 Å². The van der Waals surface area contributed by atoms with Crippen molar-refractivity contribution < 1.29 is 22.0 Å². The summed E-state index contributed by atoms with van der Waals surface area (Å²) in [7, 11) is 0. The zero-order valence-electron chi connectivity index (χ0n) is 12.2. The van der Waals surface area contributed by atoms with Gasteiger partial charge in [-0.25, -0.2) is 8.78 Å². The van der Waals surface area contributed by atoms with Crippen LogP contribution in [-0.4, -0.2) is 25.3 Å². The minimum Gasteiger partial charge on any atom is -0.355 e. The van der Waals surface area contributed by atoms with Gasteiger partial charge < -0.3 is 10.2 Å². The molecule has 1 aromatic rings. The van der Waals surface area contributed by atoms with Gasteiger partial charge in [0.25, 0.3) is 0 Å².